The average Bonchev–Trinajstić information content (AvgIpc) is 2.99. The molecule has 0 saturated heterocycles. The maximum Gasteiger partial charge on any atom is 0.318 e. The summed E-state index contributed by atoms with van der Waals surface area (Å²) in [5.41, 5.74) is 2.36. The van der Waals surface area contributed by atoms with Crippen LogP contribution >= 0.6 is 0 Å². The van der Waals surface area contributed by atoms with Crippen molar-refractivity contribution in [2.45, 2.75) is 19.1 Å². The molecule has 2 heterocycles. The minimum Gasteiger partial charge on any atom is -0.486 e. The van der Waals surface area contributed by atoms with Gasteiger partial charge in [-0.2, -0.15) is 4.98 Å². The first-order valence-electron chi connectivity index (χ1n) is 11.6. The van der Waals surface area contributed by atoms with Crippen molar-refractivity contribution in [3.05, 3.63) is 77.2 Å². The Bertz CT molecular complexity index is 1140. The number of carbonyl (C=O) groups is 1. The van der Waals surface area contributed by atoms with Crippen LogP contribution in [0.4, 0.5) is 10.2 Å². The Morgan fingerprint density at radius 1 is 1.11 bits per heavy atom. The van der Waals surface area contributed by atoms with Crippen molar-refractivity contribution in [2.75, 3.05) is 45.7 Å². The molecule has 0 radical (unpaired) electrons. The fourth-order valence-corrected chi connectivity index (χ4v) is 4.00. The molecule has 1 aromatic heterocycles. The molecule has 1 unspecified atom stereocenters. The number of aromatic nitrogens is 2. The van der Waals surface area contributed by atoms with Gasteiger partial charge in [-0.05, 0) is 49.0 Å². The lowest BCUT2D eigenvalue weighted by Gasteiger charge is -2.22. The summed E-state index contributed by atoms with van der Waals surface area (Å²) in [6.07, 6.45) is 2.06. The Kier molecular flexibility index (Phi) is 7.77. The molecule has 2 aromatic carbocycles. The van der Waals surface area contributed by atoms with Crippen molar-refractivity contribution in [1.82, 2.24) is 20.2 Å². The number of amides is 1. The van der Waals surface area contributed by atoms with Crippen molar-refractivity contribution in [3.63, 3.8) is 0 Å². The van der Waals surface area contributed by atoms with E-state index in [-0.39, 0.29) is 23.8 Å². The van der Waals surface area contributed by atoms with E-state index in [9.17, 15) is 9.18 Å². The van der Waals surface area contributed by atoms with Gasteiger partial charge in [-0.25, -0.2) is 9.37 Å². The van der Waals surface area contributed by atoms with E-state index in [4.69, 9.17) is 9.47 Å². The van der Waals surface area contributed by atoms with Crippen LogP contribution in [0.25, 0.3) is 0 Å². The molecule has 0 spiro atoms. The summed E-state index contributed by atoms with van der Waals surface area (Å²) >= 11 is 0. The minimum atomic E-state index is -0.270. The Hall–Kier alpha value is -3.72. The Morgan fingerprint density at radius 2 is 1.86 bits per heavy atom. The number of ether oxygens (including phenoxy) is 2. The minimum absolute atomic E-state index is 0.115. The molecule has 8 nitrogen and oxygen atoms in total. The SMILES string of the molecule is CNCCC(Oc1ccc(CN2CCN(C)c3nc(OC)ncc3C2=O)cc1)c1ccc(F)cc1. The molecule has 1 atom stereocenters. The second-order valence-electron chi connectivity index (χ2n) is 8.44. The molecule has 184 valence electrons. The van der Waals surface area contributed by atoms with Gasteiger partial charge >= 0.3 is 6.01 Å². The number of halogens is 1. The monoisotopic (exact) mass is 479 g/mol. The second kappa shape index (κ2) is 11.1. The first-order valence-corrected chi connectivity index (χ1v) is 11.6. The normalized spacial score (nSPS) is 14.3. The van der Waals surface area contributed by atoms with Gasteiger partial charge in [0.2, 0.25) is 0 Å². The number of hydrogen-bond acceptors (Lipinski definition) is 7. The number of methoxy groups -OCH3 is 1. The van der Waals surface area contributed by atoms with Crippen LogP contribution in [-0.2, 0) is 6.54 Å². The predicted molar refractivity (Wildman–Crippen MR) is 131 cm³/mol. The molecule has 0 aliphatic carbocycles. The molecule has 4 rings (SSSR count). The summed E-state index contributed by atoms with van der Waals surface area (Å²) in [5.74, 6) is 0.900. The molecular formula is C26H30FN5O3. The highest BCUT2D eigenvalue weighted by atomic mass is 19.1. The van der Waals surface area contributed by atoms with Gasteiger partial charge in [0.05, 0.1) is 7.11 Å². The zero-order chi connectivity index (χ0) is 24.8. The smallest absolute Gasteiger partial charge is 0.318 e. The van der Waals surface area contributed by atoms with Crippen LogP contribution in [0.1, 0.15) is 34.0 Å². The number of rotatable bonds is 9. The largest absolute Gasteiger partial charge is 0.486 e. The number of anilines is 1. The highest BCUT2D eigenvalue weighted by Crippen LogP contribution is 2.27. The lowest BCUT2D eigenvalue weighted by molar-refractivity contribution is 0.0754. The molecule has 1 amide bonds. The van der Waals surface area contributed by atoms with E-state index in [2.05, 4.69) is 15.3 Å². The van der Waals surface area contributed by atoms with Gasteiger partial charge in [0, 0.05) is 39.3 Å². The van der Waals surface area contributed by atoms with Crippen LogP contribution in [0.2, 0.25) is 0 Å². The van der Waals surface area contributed by atoms with Crippen LogP contribution in [0, 0.1) is 5.82 Å². The molecule has 1 aliphatic heterocycles. The van der Waals surface area contributed by atoms with Crippen molar-refractivity contribution >= 4 is 11.7 Å². The highest BCUT2D eigenvalue weighted by molar-refractivity contribution is 5.99. The van der Waals surface area contributed by atoms with Gasteiger partial charge in [-0.3, -0.25) is 4.79 Å². The molecule has 1 aliphatic rings. The van der Waals surface area contributed by atoms with Crippen molar-refractivity contribution in [2.24, 2.45) is 0 Å². The fourth-order valence-electron chi connectivity index (χ4n) is 4.00. The highest BCUT2D eigenvalue weighted by Gasteiger charge is 2.27. The van der Waals surface area contributed by atoms with Gasteiger partial charge in [0.1, 0.15) is 29.1 Å². The summed E-state index contributed by atoms with van der Waals surface area (Å²) in [6.45, 7) is 2.43. The summed E-state index contributed by atoms with van der Waals surface area (Å²) in [6, 6.07) is 14.4. The Labute approximate surface area is 204 Å². The summed E-state index contributed by atoms with van der Waals surface area (Å²) in [5, 5.41) is 3.13. The first-order chi connectivity index (χ1) is 17.0. The van der Waals surface area contributed by atoms with E-state index in [0.29, 0.717) is 36.8 Å². The van der Waals surface area contributed by atoms with Crippen LogP contribution in [0.15, 0.2) is 54.7 Å². The van der Waals surface area contributed by atoms with Crippen LogP contribution in [0.3, 0.4) is 0 Å². The van der Waals surface area contributed by atoms with Crippen LogP contribution in [0.5, 0.6) is 11.8 Å². The number of fused-ring (bicyclic) bond motifs is 1. The maximum atomic E-state index is 13.4. The van der Waals surface area contributed by atoms with Gasteiger partial charge < -0.3 is 24.6 Å². The predicted octanol–water partition coefficient (Wildman–Crippen LogP) is 3.45. The van der Waals surface area contributed by atoms with Crippen LogP contribution in [-0.4, -0.2) is 61.6 Å². The Balaban J connectivity index is 1.46. The summed E-state index contributed by atoms with van der Waals surface area (Å²) in [7, 11) is 5.29. The topological polar surface area (TPSA) is 79.8 Å². The molecule has 9 heteroatoms. The van der Waals surface area contributed by atoms with Gasteiger partial charge in [0.15, 0.2) is 0 Å². The summed E-state index contributed by atoms with van der Waals surface area (Å²) in [4.78, 5) is 25.4. The quantitative estimate of drug-likeness (QED) is 0.504. The zero-order valence-corrected chi connectivity index (χ0v) is 20.2. The summed E-state index contributed by atoms with van der Waals surface area (Å²) < 4.78 is 24.7. The molecule has 3 aromatic rings. The number of benzene rings is 2. The van der Waals surface area contributed by atoms with E-state index in [1.165, 1.54) is 25.4 Å². The lowest BCUT2D eigenvalue weighted by Crippen LogP contribution is -2.33. The third-order valence-electron chi connectivity index (χ3n) is 5.99. The molecule has 35 heavy (non-hydrogen) atoms. The van der Waals surface area contributed by atoms with E-state index >= 15 is 0 Å². The number of nitrogens with one attached hydrogen (secondary N) is 1. The van der Waals surface area contributed by atoms with E-state index < -0.39 is 0 Å². The molecule has 0 fully saturated rings. The van der Waals surface area contributed by atoms with Crippen LogP contribution < -0.4 is 19.7 Å². The maximum absolute atomic E-state index is 13.4. The average molecular weight is 480 g/mol. The second-order valence-corrected chi connectivity index (χ2v) is 8.44. The van der Waals surface area contributed by atoms with Gasteiger partial charge in [-0.15, -0.1) is 0 Å². The third kappa shape index (κ3) is 5.86. The molecule has 0 bridgehead atoms. The molecule has 0 saturated carbocycles. The first kappa shape index (κ1) is 24.4. The number of carbonyl (C=O) groups excluding carboxylic acids is 1. The van der Waals surface area contributed by atoms with Crippen molar-refractivity contribution in [1.29, 1.82) is 0 Å². The van der Waals surface area contributed by atoms with Crippen molar-refractivity contribution in [3.8, 4) is 11.8 Å². The van der Waals surface area contributed by atoms with E-state index in [0.717, 1.165) is 24.1 Å². The number of likely N-dealkylation sites (N-methyl/N-ethyl adjacent to an activating group) is 1. The van der Waals surface area contributed by atoms with E-state index in [1.54, 1.807) is 17.0 Å². The third-order valence-corrected chi connectivity index (χ3v) is 5.99. The van der Waals surface area contributed by atoms with E-state index in [1.807, 2.05) is 43.3 Å². The zero-order valence-electron chi connectivity index (χ0n) is 20.2. The standard InChI is InChI=1S/C26H30FN5O3/c1-28-13-12-23(19-6-8-20(27)9-7-19)35-21-10-4-18(5-11-21)17-32-15-14-31(2)24-22(25(32)33)16-29-26(30-24)34-3/h4-11,16,23,28H,12-15,17H2,1-3H3. The number of hydrogen-bond donors (Lipinski definition) is 1. The van der Waals surface area contributed by atoms with Gasteiger partial charge in [0.25, 0.3) is 5.91 Å². The van der Waals surface area contributed by atoms with Crippen molar-refractivity contribution < 1.29 is 18.7 Å². The fraction of sp³-hybridized carbons (Fsp3) is 0.346. The molecule has 1 N–H and O–H groups in total. The molecular weight excluding hydrogens is 449 g/mol. The lowest BCUT2D eigenvalue weighted by atomic mass is 10.1. The van der Waals surface area contributed by atoms with Gasteiger partial charge in [-0.1, -0.05) is 24.3 Å². The Morgan fingerprint density at radius 3 is 2.54 bits per heavy atom. The number of nitrogens with zero attached hydrogens (tertiary/aromatic N) is 4.